The lowest BCUT2D eigenvalue weighted by atomic mass is 10.1. The van der Waals surface area contributed by atoms with Gasteiger partial charge in [-0.1, -0.05) is 5.11 Å². The molecule has 1 aliphatic rings. The van der Waals surface area contributed by atoms with Crippen LogP contribution in [0.3, 0.4) is 0 Å². The molecule has 0 radical (unpaired) electrons. The minimum Gasteiger partial charge on any atom is -0.372 e. The Labute approximate surface area is 136 Å². The Morgan fingerprint density at radius 1 is 1.48 bits per heavy atom. The lowest BCUT2D eigenvalue weighted by Crippen LogP contribution is -2.24. The van der Waals surface area contributed by atoms with Crippen molar-refractivity contribution in [2.45, 2.75) is 31.6 Å². The van der Waals surface area contributed by atoms with Crippen molar-refractivity contribution in [1.29, 1.82) is 0 Å². The maximum absolute atomic E-state index is 11.6. The van der Waals surface area contributed by atoms with Crippen LogP contribution in [0.2, 0.25) is 0 Å². The number of ether oxygens (including phenoxy) is 1. The van der Waals surface area contributed by atoms with Crippen molar-refractivity contribution in [3.8, 4) is 0 Å². The number of azide groups is 1. The van der Waals surface area contributed by atoms with E-state index in [4.69, 9.17) is 25.2 Å². The average molecular weight is 410 g/mol. The lowest BCUT2D eigenvalue weighted by Gasteiger charge is -2.22. The Morgan fingerprint density at radius 3 is 2.61 bits per heavy atom. The van der Waals surface area contributed by atoms with Gasteiger partial charge in [0.2, 0.25) is 0 Å². The van der Waals surface area contributed by atoms with Crippen LogP contribution in [0.5, 0.6) is 0 Å². The number of hydrogen-bond donors (Lipinski definition) is 4. The van der Waals surface area contributed by atoms with Crippen molar-refractivity contribution in [2.75, 3.05) is 12.5 Å². The van der Waals surface area contributed by atoms with Crippen LogP contribution in [0.4, 0.5) is 0 Å². The maximum atomic E-state index is 11.6. The van der Waals surface area contributed by atoms with E-state index in [9.17, 15) is 18.9 Å². The fourth-order valence-corrected chi connectivity index (χ4v) is 7.56. The van der Waals surface area contributed by atoms with Gasteiger partial charge in [0.05, 0.1) is 24.9 Å². The van der Waals surface area contributed by atoms with E-state index in [1.54, 1.807) is 6.92 Å². The minimum absolute atomic E-state index is 0.210. The zero-order valence-electron chi connectivity index (χ0n) is 11.9. The molecule has 5 N–H and O–H groups in total. The monoisotopic (exact) mass is 410 g/mol. The molecule has 0 aromatic heterocycles. The van der Waals surface area contributed by atoms with E-state index >= 15 is 0 Å². The Balaban J connectivity index is 2.65. The van der Waals surface area contributed by atoms with Gasteiger partial charge >= 0.3 is 14.3 Å². The zero-order valence-corrected chi connectivity index (χ0v) is 15.4. The lowest BCUT2D eigenvalue weighted by molar-refractivity contribution is 0.0194. The van der Waals surface area contributed by atoms with E-state index in [0.717, 1.165) is 0 Å². The van der Waals surface area contributed by atoms with Gasteiger partial charge in [-0.3, -0.25) is 14.6 Å². The third-order valence-corrected chi connectivity index (χ3v) is 8.91. The number of nitrogens with zero attached hydrogens (tertiary/aromatic N) is 3. The van der Waals surface area contributed by atoms with E-state index < -0.39 is 39.9 Å². The smallest absolute Gasteiger partial charge is 0.346 e. The Kier molecular flexibility index (Phi) is 7.38. The molecule has 1 heterocycles. The van der Waals surface area contributed by atoms with Gasteiger partial charge in [-0.15, -0.1) is 0 Å². The normalized spacial score (nSPS) is 32.3. The summed E-state index contributed by atoms with van der Waals surface area (Å²) in [5.74, 6) is -1.28. The molecule has 1 aliphatic heterocycles. The second-order valence-electron chi connectivity index (χ2n) is 4.87. The molecule has 0 aromatic carbocycles. The molecular weight excluding hydrogens is 393 g/mol. The van der Waals surface area contributed by atoms with E-state index in [1.165, 1.54) is 0 Å². The molecule has 0 aliphatic carbocycles. The highest BCUT2D eigenvalue weighted by Crippen LogP contribution is 2.64. The standard InChI is InChI=1S/C7H17N4O8P3S/c1-5-2-6(10-11-8)7(18-5)3-17-22(16,23)19-21(14,15)4-20(9,12)13/h5-7H,2-4H2,1H3,(H,14,15)(H,16,23)(H3,9,12,13)/t5-,6+,7+,22?/m0/s1. The van der Waals surface area contributed by atoms with Crippen LogP contribution in [0.25, 0.3) is 10.4 Å². The fourth-order valence-electron chi connectivity index (χ4n) is 1.91. The highest BCUT2D eigenvalue weighted by atomic mass is 32.5. The van der Waals surface area contributed by atoms with Crippen molar-refractivity contribution < 1.29 is 37.4 Å². The van der Waals surface area contributed by atoms with Gasteiger partial charge in [-0.25, -0.2) is 4.31 Å². The molecule has 0 saturated carbocycles. The molecule has 3 unspecified atom stereocenters. The molecule has 0 amide bonds. The third-order valence-electron chi connectivity index (χ3n) is 2.62. The second-order valence-corrected chi connectivity index (χ2v) is 12.0. The third kappa shape index (κ3) is 8.18. The van der Waals surface area contributed by atoms with Gasteiger partial charge in [-0.05, 0) is 30.7 Å². The molecule has 0 aromatic rings. The Bertz CT molecular complexity index is 621. The zero-order chi connectivity index (χ0) is 17.9. The predicted octanol–water partition coefficient (Wildman–Crippen LogP) is 1.38. The van der Waals surface area contributed by atoms with Crippen LogP contribution >= 0.6 is 21.8 Å². The van der Waals surface area contributed by atoms with Gasteiger partial charge in [0.15, 0.2) is 0 Å². The van der Waals surface area contributed by atoms with Gasteiger partial charge in [-0.2, -0.15) is 0 Å². The summed E-state index contributed by atoms with van der Waals surface area (Å²) in [7, 11) is -9.08. The van der Waals surface area contributed by atoms with Crippen molar-refractivity contribution in [1.82, 2.24) is 0 Å². The van der Waals surface area contributed by atoms with Crippen LogP contribution in [-0.2, 0) is 34.5 Å². The van der Waals surface area contributed by atoms with E-state index in [2.05, 4.69) is 26.1 Å². The summed E-state index contributed by atoms with van der Waals surface area (Å²) in [5, 5.41) is 3.52. The van der Waals surface area contributed by atoms with Crippen LogP contribution < -0.4 is 5.50 Å². The number of hydrogen-bond acceptors (Lipinski definition) is 7. The molecule has 1 fully saturated rings. The van der Waals surface area contributed by atoms with E-state index in [0.29, 0.717) is 6.42 Å². The van der Waals surface area contributed by atoms with Gasteiger partial charge in [0.1, 0.15) is 5.90 Å². The molecule has 0 bridgehead atoms. The fraction of sp³-hybridized carbons (Fsp3) is 1.00. The van der Waals surface area contributed by atoms with E-state index in [1.807, 2.05) is 0 Å². The van der Waals surface area contributed by atoms with Crippen molar-refractivity contribution in [3.05, 3.63) is 10.4 Å². The second kappa shape index (κ2) is 8.01. The largest absolute Gasteiger partial charge is 0.372 e. The van der Waals surface area contributed by atoms with Crippen LogP contribution in [0.15, 0.2) is 5.11 Å². The Hall–Kier alpha value is 0.140. The molecule has 23 heavy (non-hydrogen) atoms. The molecule has 134 valence electrons. The first-order valence-corrected chi connectivity index (χ1v) is 12.4. The molecule has 6 atom stereocenters. The van der Waals surface area contributed by atoms with Crippen molar-refractivity contribution in [3.63, 3.8) is 0 Å². The summed E-state index contributed by atoms with van der Waals surface area (Å²) in [6.45, 7) is -2.80. The predicted molar refractivity (Wildman–Crippen MR) is 84.1 cm³/mol. The van der Waals surface area contributed by atoms with Gasteiger partial charge in [0, 0.05) is 4.91 Å². The quantitative estimate of drug-likeness (QED) is 0.196. The maximum Gasteiger partial charge on any atom is 0.346 e. The number of rotatable bonds is 8. The first-order valence-electron chi connectivity index (χ1n) is 6.14. The highest BCUT2D eigenvalue weighted by Gasteiger charge is 2.38. The topological polar surface area (TPSA) is 197 Å². The number of nitrogens with two attached hydrogens (primary N) is 1. The highest BCUT2D eigenvalue weighted by molar-refractivity contribution is 8.08. The first kappa shape index (κ1) is 21.2. The van der Waals surface area contributed by atoms with Crippen LogP contribution in [0.1, 0.15) is 13.3 Å². The summed E-state index contributed by atoms with van der Waals surface area (Å²) in [4.78, 5) is 30.7. The summed E-state index contributed by atoms with van der Waals surface area (Å²) in [6, 6.07) is -0.548. The van der Waals surface area contributed by atoms with Crippen molar-refractivity contribution >= 4 is 33.6 Å². The van der Waals surface area contributed by atoms with Crippen LogP contribution in [0, 0.1) is 0 Å². The first-order chi connectivity index (χ1) is 10.3. The Morgan fingerprint density at radius 2 is 2.09 bits per heavy atom. The molecule has 12 nitrogen and oxygen atoms in total. The molecule has 1 saturated heterocycles. The molecular formula is C7H17N4O8P3S. The minimum atomic E-state index is -4.73. The summed E-state index contributed by atoms with van der Waals surface area (Å²) < 4.78 is 37.2. The molecule has 16 heteroatoms. The van der Waals surface area contributed by atoms with Crippen molar-refractivity contribution in [2.24, 2.45) is 10.6 Å². The summed E-state index contributed by atoms with van der Waals surface area (Å²) in [5.41, 5.74) is 13.2. The molecule has 1 rings (SSSR count). The summed E-state index contributed by atoms with van der Waals surface area (Å²) in [6.07, 6.45) is -0.486. The van der Waals surface area contributed by atoms with Gasteiger partial charge in [0.25, 0.3) is 7.52 Å². The van der Waals surface area contributed by atoms with Crippen LogP contribution in [-0.4, -0.2) is 45.4 Å². The summed E-state index contributed by atoms with van der Waals surface area (Å²) >= 11 is 4.57. The van der Waals surface area contributed by atoms with Gasteiger partial charge < -0.3 is 23.9 Å². The molecule has 0 spiro atoms. The van der Waals surface area contributed by atoms with E-state index in [-0.39, 0.29) is 12.7 Å². The SMILES string of the molecule is C[C@H]1C[C@@H](N=[N+]=[N-])[C@@H](COP(O)(=S)OP(=O)(O)CP(N)(=O)O)O1. The average Bonchev–Trinajstić information content (AvgIpc) is 2.63.